The van der Waals surface area contributed by atoms with Crippen molar-refractivity contribution in [2.24, 2.45) is 0 Å². The molecule has 1 aliphatic carbocycles. The molecule has 33 heavy (non-hydrogen) atoms. The number of hydrogen-bond donors (Lipinski definition) is 0. The van der Waals surface area contributed by atoms with Gasteiger partial charge in [0.25, 0.3) is 0 Å². The first-order valence-corrected chi connectivity index (χ1v) is 12.8. The summed E-state index contributed by atoms with van der Waals surface area (Å²) in [5.74, 6) is 1.05. The minimum absolute atomic E-state index is 0.156. The predicted molar refractivity (Wildman–Crippen MR) is 137 cm³/mol. The van der Waals surface area contributed by atoms with Crippen LogP contribution < -0.4 is 9.47 Å². The molecule has 1 aliphatic rings. The summed E-state index contributed by atoms with van der Waals surface area (Å²) in [5.41, 5.74) is 1.79. The lowest BCUT2D eigenvalue weighted by atomic mass is 9.84. The Hall–Kier alpha value is -2.35. The van der Waals surface area contributed by atoms with Crippen molar-refractivity contribution in [3.05, 3.63) is 69.8 Å². The molecule has 0 saturated heterocycles. The van der Waals surface area contributed by atoms with E-state index in [0.717, 1.165) is 0 Å². The van der Waals surface area contributed by atoms with E-state index in [0.29, 0.717) is 29.4 Å². The second-order valence-corrected chi connectivity index (χ2v) is 9.24. The highest BCUT2D eigenvalue weighted by Crippen LogP contribution is 2.33. The molecule has 2 unspecified atom stereocenters. The number of carbonyl (C=O) groups excluding carboxylic acids is 2. The zero-order chi connectivity index (χ0) is 23.6. The summed E-state index contributed by atoms with van der Waals surface area (Å²) in [6.07, 6.45) is 7.92. The van der Waals surface area contributed by atoms with Gasteiger partial charge in [-0.3, -0.25) is 0 Å². The molecule has 0 spiro atoms. The Bertz CT molecular complexity index is 930. The van der Waals surface area contributed by atoms with Crippen LogP contribution in [0, 0.1) is 0 Å². The Kier molecular flexibility index (Phi) is 9.78. The number of hydrogen-bond acceptors (Lipinski definition) is 5. The molecule has 5 nitrogen and oxygen atoms in total. The van der Waals surface area contributed by atoms with E-state index in [2.05, 4.69) is 12.1 Å². The van der Waals surface area contributed by atoms with Crippen LogP contribution in [0.5, 0.6) is 11.5 Å². The smallest absolute Gasteiger partial charge is 0.343 e. The van der Waals surface area contributed by atoms with Crippen molar-refractivity contribution in [1.29, 1.82) is 0 Å². The van der Waals surface area contributed by atoms with Crippen molar-refractivity contribution in [2.45, 2.75) is 70.5 Å². The van der Waals surface area contributed by atoms with Crippen LogP contribution in [0.1, 0.15) is 74.2 Å². The predicted octanol–water partition coefficient (Wildman–Crippen LogP) is 6.99. The van der Waals surface area contributed by atoms with Gasteiger partial charge < -0.3 is 14.2 Å². The van der Waals surface area contributed by atoms with E-state index >= 15 is 0 Å². The van der Waals surface area contributed by atoms with E-state index in [9.17, 15) is 9.59 Å². The monoisotopic (exact) mass is 562 g/mol. The molecule has 0 radical (unpaired) electrons. The van der Waals surface area contributed by atoms with Crippen LogP contribution in [-0.4, -0.2) is 24.1 Å². The zero-order valence-electron chi connectivity index (χ0n) is 19.2. The first-order chi connectivity index (χ1) is 15.9. The standard InChI is InChI=1S/C27H31IO5/c1-19(18-20(2)32-26(29)16-17-28)31-24-14-10-23(11-15-24)27(30)33-25-12-8-22(9-13-25)21-6-4-3-5-7-21/h8-17,19-21H,3-7,18H2,1-2H3/b17-16-. The van der Waals surface area contributed by atoms with Crippen molar-refractivity contribution in [2.75, 3.05) is 0 Å². The summed E-state index contributed by atoms with van der Waals surface area (Å²) in [6, 6.07) is 14.8. The summed E-state index contributed by atoms with van der Waals surface area (Å²) in [6.45, 7) is 3.75. The number of ether oxygens (including phenoxy) is 3. The topological polar surface area (TPSA) is 61.8 Å². The van der Waals surface area contributed by atoms with Crippen LogP contribution in [0.4, 0.5) is 0 Å². The van der Waals surface area contributed by atoms with Crippen LogP contribution >= 0.6 is 22.6 Å². The lowest BCUT2D eigenvalue weighted by Gasteiger charge is -2.22. The van der Waals surface area contributed by atoms with Gasteiger partial charge in [0, 0.05) is 12.5 Å². The fourth-order valence-electron chi connectivity index (χ4n) is 4.16. The van der Waals surface area contributed by atoms with E-state index in [1.807, 2.05) is 48.6 Å². The summed E-state index contributed by atoms with van der Waals surface area (Å²) in [7, 11) is 0. The average Bonchev–Trinajstić information content (AvgIpc) is 2.80. The summed E-state index contributed by atoms with van der Waals surface area (Å²) < 4.78 is 18.3. The molecule has 3 rings (SSSR count). The minimum Gasteiger partial charge on any atom is -0.491 e. The fourth-order valence-corrected chi connectivity index (χ4v) is 4.46. The van der Waals surface area contributed by atoms with Crippen molar-refractivity contribution >= 4 is 34.5 Å². The zero-order valence-corrected chi connectivity index (χ0v) is 21.3. The van der Waals surface area contributed by atoms with E-state index in [1.54, 1.807) is 28.3 Å². The Morgan fingerprint density at radius 3 is 2.21 bits per heavy atom. The maximum Gasteiger partial charge on any atom is 0.343 e. The normalized spacial score (nSPS) is 16.2. The van der Waals surface area contributed by atoms with Gasteiger partial charge in [-0.2, -0.15) is 0 Å². The second-order valence-electron chi connectivity index (χ2n) is 8.52. The van der Waals surface area contributed by atoms with Crippen LogP contribution in [0.3, 0.4) is 0 Å². The van der Waals surface area contributed by atoms with Gasteiger partial charge in [-0.25, -0.2) is 9.59 Å². The highest BCUT2D eigenvalue weighted by Gasteiger charge is 2.17. The molecule has 2 atom stereocenters. The number of esters is 2. The molecule has 1 saturated carbocycles. The van der Waals surface area contributed by atoms with Crippen LogP contribution in [0.15, 0.2) is 58.7 Å². The average molecular weight is 562 g/mol. The highest BCUT2D eigenvalue weighted by atomic mass is 127. The van der Waals surface area contributed by atoms with E-state index in [4.69, 9.17) is 14.2 Å². The lowest BCUT2D eigenvalue weighted by molar-refractivity contribution is -0.143. The highest BCUT2D eigenvalue weighted by molar-refractivity contribution is 14.1. The number of benzene rings is 2. The van der Waals surface area contributed by atoms with Crippen molar-refractivity contribution in [1.82, 2.24) is 0 Å². The van der Waals surface area contributed by atoms with Gasteiger partial charge in [-0.1, -0.05) is 54.0 Å². The van der Waals surface area contributed by atoms with E-state index in [1.165, 1.54) is 43.7 Å². The number of rotatable bonds is 9. The van der Waals surface area contributed by atoms with Crippen molar-refractivity contribution in [3.8, 4) is 11.5 Å². The Morgan fingerprint density at radius 2 is 1.58 bits per heavy atom. The molecule has 1 fully saturated rings. The Labute approximate surface area is 209 Å². The van der Waals surface area contributed by atoms with Gasteiger partial charge in [0.1, 0.15) is 17.6 Å². The molecule has 0 bridgehead atoms. The molecule has 0 amide bonds. The lowest BCUT2D eigenvalue weighted by Crippen LogP contribution is -2.22. The maximum atomic E-state index is 12.5. The van der Waals surface area contributed by atoms with Gasteiger partial charge in [0.15, 0.2) is 0 Å². The molecule has 176 valence electrons. The Morgan fingerprint density at radius 1 is 0.939 bits per heavy atom. The maximum absolute atomic E-state index is 12.5. The summed E-state index contributed by atoms with van der Waals surface area (Å²) >= 11 is 1.97. The fraction of sp³-hybridized carbons (Fsp3) is 0.407. The molecule has 2 aromatic rings. The first-order valence-electron chi connectivity index (χ1n) is 11.5. The minimum atomic E-state index is -0.399. The van der Waals surface area contributed by atoms with Crippen LogP contribution in [0.2, 0.25) is 0 Å². The number of halogens is 1. The molecule has 0 aromatic heterocycles. The van der Waals surface area contributed by atoms with Gasteiger partial charge in [-0.05, 0) is 78.7 Å². The van der Waals surface area contributed by atoms with Gasteiger partial charge in [0.05, 0.1) is 11.7 Å². The molecule has 6 heteroatoms. The molecule has 0 aliphatic heterocycles. The molecule has 0 heterocycles. The largest absolute Gasteiger partial charge is 0.491 e. The SMILES string of the molecule is CC(CC(C)Oc1ccc(C(=O)Oc2ccc(C3CCCCC3)cc2)cc1)OC(=O)/C=C\I. The molecule has 2 aromatic carbocycles. The third kappa shape index (κ3) is 8.18. The molecular formula is C27H31IO5. The second kappa shape index (κ2) is 12.8. The third-order valence-corrected chi connectivity index (χ3v) is 6.13. The number of carbonyl (C=O) groups is 2. The van der Waals surface area contributed by atoms with E-state index < -0.39 is 5.97 Å². The van der Waals surface area contributed by atoms with Crippen molar-refractivity contribution in [3.63, 3.8) is 0 Å². The van der Waals surface area contributed by atoms with Gasteiger partial charge >= 0.3 is 11.9 Å². The first kappa shape index (κ1) is 25.3. The molecule has 0 N–H and O–H groups in total. The Balaban J connectivity index is 1.48. The van der Waals surface area contributed by atoms with Gasteiger partial charge in [0.2, 0.25) is 0 Å². The summed E-state index contributed by atoms with van der Waals surface area (Å²) in [4.78, 5) is 24.0. The van der Waals surface area contributed by atoms with Crippen LogP contribution in [-0.2, 0) is 9.53 Å². The van der Waals surface area contributed by atoms with Crippen LogP contribution in [0.25, 0.3) is 0 Å². The van der Waals surface area contributed by atoms with Gasteiger partial charge in [-0.15, -0.1) is 0 Å². The quantitative estimate of drug-likeness (QED) is 0.143. The molecular weight excluding hydrogens is 531 g/mol. The third-order valence-electron chi connectivity index (χ3n) is 5.77. The summed E-state index contributed by atoms with van der Waals surface area (Å²) in [5, 5.41) is 0. The van der Waals surface area contributed by atoms with E-state index in [-0.39, 0.29) is 18.2 Å². The van der Waals surface area contributed by atoms with Crippen molar-refractivity contribution < 1.29 is 23.8 Å².